The summed E-state index contributed by atoms with van der Waals surface area (Å²) in [5.41, 5.74) is 4.33. The molecule has 0 aliphatic rings. The number of para-hydroxylation sites is 2. The van der Waals surface area contributed by atoms with Crippen LogP contribution < -0.4 is 0 Å². The lowest BCUT2D eigenvalue weighted by Gasteiger charge is -2.11. The molecule has 8 nitrogen and oxygen atoms in total. The average molecular weight is 733 g/mol. The van der Waals surface area contributed by atoms with Gasteiger partial charge in [-0.1, -0.05) is 108 Å². The van der Waals surface area contributed by atoms with Crippen LogP contribution in [0, 0.1) is 9.39 Å². The number of aromatic nitrogens is 8. The summed E-state index contributed by atoms with van der Waals surface area (Å²) in [6.07, 6.45) is 0. The predicted molar refractivity (Wildman–Crippen MR) is 177 cm³/mol. The Hall–Kier alpha value is -4.52. The van der Waals surface area contributed by atoms with Gasteiger partial charge in [-0.3, -0.25) is 0 Å². The van der Waals surface area contributed by atoms with Gasteiger partial charge in [0.1, 0.15) is 5.82 Å². The van der Waals surface area contributed by atoms with E-state index in [0.29, 0.717) is 38.5 Å². The van der Waals surface area contributed by atoms with Crippen molar-refractivity contribution in [3.63, 3.8) is 0 Å². The van der Waals surface area contributed by atoms with Crippen molar-refractivity contribution in [2.24, 2.45) is 0 Å². The van der Waals surface area contributed by atoms with Crippen LogP contribution >= 0.6 is 45.8 Å². The predicted octanol–water partition coefficient (Wildman–Crippen LogP) is 8.38. The summed E-state index contributed by atoms with van der Waals surface area (Å²) in [6, 6.07) is 36.8. The van der Waals surface area contributed by atoms with Gasteiger partial charge in [0.05, 0.1) is 21.4 Å². The summed E-state index contributed by atoms with van der Waals surface area (Å²) < 4.78 is 18.6. The van der Waals surface area contributed by atoms with E-state index in [2.05, 4.69) is 53.6 Å². The Labute approximate surface area is 275 Å². The lowest BCUT2D eigenvalue weighted by molar-refractivity contribution is 0.631. The third-order valence-electron chi connectivity index (χ3n) is 6.55. The van der Waals surface area contributed by atoms with E-state index in [1.165, 1.54) is 6.07 Å². The fourth-order valence-corrected chi connectivity index (χ4v) is 5.58. The number of tetrazole rings is 2. The smallest absolute Gasteiger partial charge is 0.188 e. The summed E-state index contributed by atoms with van der Waals surface area (Å²) in [5, 5.41) is 25.0. The lowest BCUT2D eigenvalue weighted by Crippen LogP contribution is -2.01. The second kappa shape index (κ2) is 13.4. The van der Waals surface area contributed by atoms with Gasteiger partial charge in [0, 0.05) is 20.3 Å². The SMILES string of the molecule is Clc1ccccc1-n1nnnc1-c1ccccc1I.Fc1ccccc1-c1ccccc1-c1nnnn1-c1ccccc1Cl. The van der Waals surface area contributed by atoms with Gasteiger partial charge in [0.25, 0.3) is 0 Å². The molecule has 0 atom stereocenters. The minimum absolute atomic E-state index is 0.299. The summed E-state index contributed by atoms with van der Waals surface area (Å²) >= 11 is 14.7. The van der Waals surface area contributed by atoms with Crippen molar-refractivity contribution >= 4 is 45.8 Å². The Balaban J connectivity index is 0.000000162. The van der Waals surface area contributed by atoms with Crippen molar-refractivity contribution in [1.82, 2.24) is 40.4 Å². The molecule has 12 heteroatoms. The molecule has 0 fully saturated rings. The van der Waals surface area contributed by atoms with E-state index in [0.717, 1.165) is 20.4 Å². The summed E-state index contributed by atoms with van der Waals surface area (Å²) in [6.45, 7) is 0. The van der Waals surface area contributed by atoms with Gasteiger partial charge in [0.2, 0.25) is 0 Å². The first-order valence-electron chi connectivity index (χ1n) is 13.2. The molecule has 5 aromatic carbocycles. The summed E-state index contributed by atoms with van der Waals surface area (Å²) in [5.74, 6) is 0.872. The normalized spacial score (nSPS) is 10.7. The van der Waals surface area contributed by atoms with E-state index >= 15 is 0 Å². The molecular weight excluding hydrogens is 713 g/mol. The van der Waals surface area contributed by atoms with Crippen LogP contribution in [0.5, 0.6) is 0 Å². The first-order chi connectivity index (χ1) is 21.5. The maximum Gasteiger partial charge on any atom is 0.188 e. The molecule has 7 aromatic rings. The molecule has 0 saturated carbocycles. The van der Waals surface area contributed by atoms with E-state index < -0.39 is 0 Å². The number of halogens is 4. The highest BCUT2D eigenvalue weighted by Crippen LogP contribution is 2.34. The number of rotatable bonds is 5. The molecule has 0 spiro atoms. The van der Waals surface area contributed by atoms with Gasteiger partial charge in [-0.05, 0) is 85.4 Å². The number of hydrogen-bond acceptors (Lipinski definition) is 6. The first-order valence-corrected chi connectivity index (χ1v) is 15.0. The molecule has 0 N–H and O–H groups in total. The van der Waals surface area contributed by atoms with Gasteiger partial charge < -0.3 is 0 Å². The van der Waals surface area contributed by atoms with Crippen LogP contribution in [0.25, 0.3) is 45.3 Å². The fourth-order valence-electron chi connectivity index (χ4n) is 4.52. The molecule has 0 radical (unpaired) electrons. The Morgan fingerprint density at radius 3 is 1.48 bits per heavy atom. The van der Waals surface area contributed by atoms with Crippen molar-refractivity contribution in [1.29, 1.82) is 0 Å². The Morgan fingerprint density at radius 1 is 0.500 bits per heavy atom. The first kappa shape index (κ1) is 29.5. The maximum absolute atomic E-state index is 14.3. The zero-order chi connectivity index (χ0) is 30.5. The van der Waals surface area contributed by atoms with Crippen LogP contribution in [0.1, 0.15) is 0 Å². The Morgan fingerprint density at radius 2 is 0.932 bits per heavy atom. The van der Waals surface area contributed by atoms with E-state index in [-0.39, 0.29) is 5.82 Å². The van der Waals surface area contributed by atoms with Crippen molar-refractivity contribution in [2.75, 3.05) is 0 Å². The van der Waals surface area contributed by atoms with Crippen molar-refractivity contribution in [3.05, 3.63) is 141 Å². The van der Waals surface area contributed by atoms with Crippen molar-refractivity contribution in [3.8, 4) is 45.3 Å². The molecule has 216 valence electrons. The largest absolute Gasteiger partial charge is 0.206 e. The Bertz CT molecular complexity index is 2000. The molecule has 0 unspecified atom stereocenters. The van der Waals surface area contributed by atoms with Crippen LogP contribution in [0.4, 0.5) is 4.39 Å². The molecule has 0 aliphatic heterocycles. The summed E-state index contributed by atoms with van der Waals surface area (Å²) in [7, 11) is 0. The van der Waals surface area contributed by atoms with Gasteiger partial charge in [-0.25, -0.2) is 4.39 Å². The molecule has 0 aliphatic carbocycles. The van der Waals surface area contributed by atoms with E-state index in [4.69, 9.17) is 23.2 Å². The van der Waals surface area contributed by atoms with Gasteiger partial charge >= 0.3 is 0 Å². The molecule has 2 heterocycles. The van der Waals surface area contributed by atoms with Crippen LogP contribution in [-0.4, -0.2) is 40.4 Å². The molecule has 7 rings (SSSR count). The van der Waals surface area contributed by atoms with E-state index in [1.807, 2.05) is 91.0 Å². The van der Waals surface area contributed by atoms with E-state index in [9.17, 15) is 4.39 Å². The van der Waals surface area contributed by atoms with Gasteiger partial charge in [-0.15, -0.1) is 10.2 Å². The van der Waals surface area contributed by atoms with Crippen LogP contribution in [0.2, 0.25) is 10.0 Å². The molecule has 0 bridgehead atoms. The number of nitrogens with zero attached hydrogens (tertiary/aromatic N) is 8. The van der Waals surface area contributed by atoms with Crippen molar-refractivity contribution in [2.45, 2.75) is 0 Å². The lowest BCUT2D eigenvalue weighted by atomic mass is 9.98. The third-order valence-corrected chi connectivity index (χ3v) is 8.13. The van der Waals surface area contributed by atoms with Crippen molar-refractivity contribution < 1.29 is 4.39 Å². The standard InChI is InChI=1S/C19H12ClFN4.C13H8ClIN4/c20-16-10-4-6-12-18(16)25-19(22-23-24-25)15-9-2-1-7-13(15)14-8-3-5-11-17(14)21;14-10-6-2-4-8-12(10)19-13(16-17-18-19)9-5-1-3-7-11(9)15/h1-12H;1-8H. The summed E-state index contributed by atoms with van der Waals surface area (Å²) in [4.78, 5) is 0. The minimum atomic E-state index is -0.299. The van der Waals surface area contributed by atoms with Gasteiger partial charge in [-0.2, -0.15) is 9.36 Å². The topological polar surface area (TPSA) is 87.2 Å². The molecule has 0 saturated heterocycles. The van der Waals surface area contributed by atoms with Crippen LogP contribution in [0.3, 0.4) is 0 Å². The highest BCUT2D eigenvalue weighted by atomic mass is 127. The highest BCUT2D eigenvalue weighted by molar-refractivity contribution is 14.1. The van der Waals surface area contributed by atoms with Crippen LogP contribution in [-0.2, 0) is 0 Å². The second-order valence-electron chi connectivity index (χ2n) is 9.24. The van der Waals surface area contributed by atoms with Crippen LogP contribution in [0.15, 0.2) is 121 Å². The molecule has 0 amide bonds. The molecule has 2 aromatic heterocycles. The van der Waals surface area contributed by atoms with E-state index in [1.54, 1.807) is 33.6 Å². The maximum atomic E-state index is 14.3. The monoisotopic (exact) mass is 732 g/mol. The average Bonchev–Trinajstić information content (AvgIpc) is 3.73. The molecular formula is C32H20Cl2FIN8. The number of benzene rings is 5. The Kier molecular flexibility index (Phi) is 9.01. The van der Waals surface area contributed by atoms with Gasteiger partial charge in [0.15, 0.2) is 11.6 Å². The fraction of sp³-hybridized carbons (Fsp3) is 0. The zero-order valence-corrected chi connectivity index (χ0v) is 26.3. The minimum Gasteiger partial charge on any atom is -0.206 e. The zero-order valence-electron chi connectivity index (χ0n) is 22.6. The molecule has 44 heavy (non-hydrogen) atoms. The third kappa shape index (κ3) is 6.09. The second-order valence-corrected chi connectivity index (χ2v) is 11.2. The quantitative estimate of drug-likeness (QED) is 0.165. The highest BCUT2D eigenvalue weighted by Gasteiger charge is 2.18. The number of hydrogen-bond donors (Lipinski definition) is 0.